The van der Waals surface area contributed by atoms with Crippen LogP contribution < -0.4 is 5.32 Å². The van der Waals surface area contributed by atoms with E-state index in [9.17, 15) is 4.79 Å². The first-order chi connectivity index (χ1) is 10.5. The van der Waals surface area contributed by atoms with Crippen molar-refractivity contribution < 1.29 is 14.4 Å². The van der Waals surface area contributed by atoms with E-state index in [1.807, 2.05) is 12.1 Å². The summed E-state index contributed by atoms with van der Waals surface area (Å²) in [6, 6.07) is 7.17. The molecule has 0 saturated heterocycles. The third-order valence-corrected chi connectivity index (χ3v) is 3.21. The Morgan fingerprint density at radius 3 is 2.82 bits per heavy atom. The van der Waals surface area contributed by atoms with Crippen molar-refractivity contribution in [3.63, 3.8) is 0 Å². The van der Waals surface area contributed by atoms with E-state index in [0.717, 1.165) is 5.56 Å². The average Bonchev–Trinajstić information content (AvgIpc) is 2.95. The zero-order valence-electron chi connectivity index (χ0n) is 12.3. The summed E-state index contributed by atoms with van der Waals surface area (Å²) in [5.74, 6) is 0.900. The lowest BCUT2D eigenvalue weighted by atomic mass is 10.2. The summed E-state index contributed by atoms with van der Waals surface area (Å²) < 4.78 is 5.16. The molecule has 2 rings (SSSR count). The topological polar surface area (TPSA) is 88.2 Å². The molecule has 0 radical (unpaired) electrons. The van der Waals surface area contributed by atoms with Crippen molar-refractivity contribution in [2.75, 3.05) is 6.54 Å². The molecule has 7 heteroatoms. The molecule has 118 valence electrons. The van der Waals surface area contributed by atoms with Crippen molar-refractivity contribution in [2.45, 2.75) is 32.3 Å². The molecule has 1 aromatic carbocycles. The summed E-state index contributed by atoms with van der Waals surface area (Å²) in [5, 5.41) is 16.3. The minimum atomic E-state index is -0.540. The van der Waals surface area contributed by atoms with Gasteiger partial charge in [0.2, 0.25) is 17.6 Å². The summed E-state index contributed by atoms with van der Waals surface area (Å²) >= 11 is 5.83. The Bertz CT molecular complexity index is 611. The number of aliphatic hydroxyl groups is 1. The Balaban J connectivity index is 1.80. The van der Waals surface area contributed by atoms with Crippen molar-refractivity contribution in [3.8, 4) is 11.4 Å². The minimum Gasteiger partial charge on any atom is -0.392 e. The van der Waals surface area contributed by atoms with Crippen molar-refractivity contribution in [1.82, 2.24) is 15.5 Å². The number of hydrogen-bond acceptors (Lipinski definition) is 5. The van der Waals surface area contributed by atoms with Gasteiger partial charge in [-0.3, -0.25) is 4.79 Å². The van der Waals surface area contributed by atoms with Gasteiger partial charge in [0.1, 0.15) is 0 Å². The number of aromatic nitrogens is 2. The largest absolute Gasteiger partial charge is 0.392 e. The van der Waals surface area contributed by atoms with Crippen LogP contribution in [0, 0.1) is 0 Å². The highest BCUT2D eigenvalue weighted by Crippen LogP contribution is 2.19. The quantitative estimate of drug-likeness (QED) is 0.815. The second-order valence-electron chi connectivity index (χ2n) is 5.03. The highest BCUT2D eigenvalue weighted by molar-refractivity contribution is 6.30. The van der Waals surface area contributed by atoms with Crippen molar-refractivity contribution >= 4 is 17.5 Å². The molecular weight excluding hydrogens is 306 g/mol. The fourth-order valence-electron chi connectivity index (χ4n) is 1.82. The SMILES string of the molecule is CC(O)CNC(=O)CCCc1nc(-c2ccc(Cl)cc2)no1. The lowest BCUT2D eigenvalue weighted by Crippen LogP contribution is -2.30. The Hall–Kier alpha value is -1.92. The van der Waals surface area contributed by atoms with Gasteiger partial charge in [-0.25, -0.2) is 0 Å². The molecule has 1 amide bonds. The van der Waals surface area contributed by atoms with Crippen molar-refractivity contribution in [2.24, 2.45) is 0 Å². The van der Waals surface area contributed by atoms with Crippen LogP contribution in [0.1, 0.15) is 25.7 Å². The highest BCUT2D eigenvalue weighted by atomic mass is 35.5. The van der Waals surface area contributed by atoms with Gasteiger partial charge in [0.05, 0.1) is 6.10 Å². The molecule has 2 aromatic rings. The third kappa shape index (κ3) is 5.13. The van der Waals surface area contributed by atoms with E-state index in [2.05, 4.69) is 15.5 Å². The average molecular weight is 324 g/mol. The zero-order chi connectivity index (χ0) is 15.9. The van der Waals surface area contributed by atoms with Crippen LogP contribution in [0.15, 0.2) is 28.8 Å². The second kappa shape index (κ2) is 7.91. The number of nitrogens with one attached hydrogen (secondary N) is 1. The number of aliphatic hydroxyl groups excluding tert-OH is 1. The van der Waals surface area contributed by atoms with Crippen LogP contribution in [0.4, 0.5) is 0 Å². The molecule has 6 nitrogen and oxygen atoms in total. The van der Waals surface area contributed by atoms with Gasteiger partial charge in [-0.1, -0.05) is 16.8 Å². The summed E-state index contributed by atoms with van der Waals surface area (Å²) in [4.78, 5) is 15.8. The Kier molecular flexibility index (Phi) is 5.91. The molecule has 22 heavy (non-hydrogen) atoms. The van der Waals surface area contributed by atoms with Crippen LogP contribution in [-0.2, 0) is 11.2 Å². The third-order valence-electron chi connectivity index (χ3n) is 2.96. The first-order valence-electron chi connectivity index (χ1n) is 7.08. The molecular formula is C15H18ClN3O3. The minimum absolute atomic E-state index is 0.0988. The lowest BCUT2D eigenvalue weighted by molar-refractivity contribution is -0.121. The smallest absolute Gasteiger partial charge is 0.226 e. The number of hydrogen-bond donors (Lipinski definition) is 2. The molecule has 0 spiro atoms. The normalized spacial score (nSPS) is 12.1. The van der Waals surface area contributed by atoms with E-state index in [1.165, 1.54) is 0 Å². The van der Waals surface area contributed by atoms with Gasteiger partial charge in [0, 0.05) is 30.0 Å². The molecule has 0 aliphatic carbocycles. The van der Waals surface area contributed by atoms with Gasteiger partial charge >= 0.3 is 0 Å². The van der Waals surface area contributed by atoms with Gasteiger partial charge in [0.15, 0.2) is 0 Å². The number of halogens is 1. The number of amides is 1. The first-order valence-corrected chi connectivity index (χ1v) is 7.45. The van der Waals surface area contributed by atoms with Crippen LogP contribution in [0.2, 0.25) is 5.02 Å². The molecule has 1 heterocycles. The number of aryl methyl sites for hydroxylation is 1. The molecule has 0 aliphatic rings. The van der Waals surface area contributed by atoms with Gasteiger partial charge in [-0.15, -0.1) is 0 Å². The Morgan fingerprint density at radius 1 is 1.41 bits per heavy atom. The molecule has 0 bridgehead atoms. The number of benzene rings is 1. The molecule has 1 aromatic heterocycles. The maximum absolute atomic E-state index is 11.5. The summed E-state index contributed by atoms with van der Waals surface area (Å²) in [6.07, 6.45) is 0.948. The first kappa shape index (κ1) is 16.5. The molecule has 0 fully saturated rings. The van der Waals surface area contributed by atoms with E-state index in [4.69, 9.17) is 21.2 Å². The zero-order valence-corrected chi connectivity index (χ0v) is 13.0. The maximum atomic E-state index is 11.5. The summed E-state index contributed by atoms with van der Waals surface area (Å²) in [7, 11) is 0. The molecule has 1 unspecified atom stereocenters. The molecule has 0 saturated carbocycles. The van der Waals surface area contributed by atoms with Crippen LogP contribution >= 0.6 is 11.6 Å². The number of carbonyl (C=O) groups excluding carboxylic acids is 1. The standard InChI is InChI=1S/C15H18ClN3O3/c1-10(20)9-17-13(21)3-2-4-14-18-15(19-22-14)11-5-7-12(16)8-6-11/h5-8,10,20H,2-4,9H2,1H3,(H,17,21). The van der Waals surface area contributed by atoms with Crippen LogP contribution in [0.25, 0.3) is 11.4 Å². The van der Waals surface area contributed by atoms with Crippen LogP contribution in [-0.4, -0.2) is 33.8 Å². The highest BCUT2D eigenvalue weighted by Gasteiger charge is 2.09. The van der Waals surface area contributed by atoms with E-state index >= 15 is 0 Å². The fraction of sp³-hybridized carbons (Fsp3) is 0.400. The summed E-state index contributed by atoms with van der Waals surface area (Å²) in [6.45, 7) is 1.89. The second-order valence-corrected chi connectivity index (χ2v) is 5.46. The van der Waals surface area contributed by atoms with Crippen molar-refractivity contribution in [3.05, 3.63) is 35.2 Å². The lowest BCUT2D eigenvalue weighted by Gasteiger charge is -2.05. The molecule has 0 aliphatic heterocycles. The van der Waals surface area contributed by atoms with Gasteiger partial charge in [-0.05, 0) is 37.6 Å². The van der Waals surface area contributed by atoms with Crippen LogP contribution in [0.3, 0.4) is 0 Å². The van der Waals surface area contributed by atoms with E-state index in [0.29, 0.717) is 36.0 Å². The monoisotopic (exact) mass is 323 g/mol. The maximum Gasteiger partial charge on any atom is 0.226 e. The number of nitrogens with zero attached hydrogens (tertiary/aromatic N) is 2. The van der Waals surface area contributed by atoms with E-state index in [-0.39, 0.29) is 12.5 Å². The van der Waals surface area contributed by atoms with Gasteiger partial charge < -0.3 is 14.9 Å². The Labute approximate surface area is 133 Å². The predicted molar refractivity (Wildman–Crippen MR) is 82.4 cm³/mol. The van der Waals surface area contributed by atoms with Gasteiger partial charge in [0.25, 0.3) is 0 Å². The molecule has 2 N–H and O–H groups in total. The Morgan fingerprint density at radius 2 is 2.14 bits per heavy atom. The van der Waals surface area contributed by atoms with Crippen LogP contribution in [0.5, 0.6) is 0 Å². The van der Waals surface area contributed by atoms with E-state index < -0.39 is 6.10 Å². The molecule has 1 atom stereocenters. The number of carbonyl (C=O) groups is 1. The van der Waals surface area contributed by atoms with E-state index in [1.54, 1.807) is 19.1 Å². The fourth-order valence-corrected chi connectivity index (χ4v) is 1.95. The predicted octanol–water partition coefficient (Wildman–Crippen LogP) is 2.21. The van der Waals surface area contributed by atoms with Gasteiger partial charge in [-0.2, -0.15) is 4.98 Å². The number of rotatable bonds is 7. The van der Waals surface area contributed by atoms with Crippen molar-refractivity contribution in [1.29, 1.82) is 0 Å². The summed E-state index contributed by atoms with van der Waals surface area (Å²) in [5.41, 5.74) is 0.828.